The zero-order valence-corrected chi connectivity index (χ0v) is 11.4. The summed E-state index contributed by atoms with van der Waals surface area (Å²) >= 11 is 0. The molecule has 2 rings (SSSR count). The molecule has 1 aromatic rings. The van der Waals surface area contributed by atoms with Crippen molar-refractivity contribution < 1.29 is 9.13 Å². The minimum absolute atomic E-state index is 0.193. The molecule has 0 amide bonds. The SMILES string of the molecule is NCCCN(CCC1CCCO1)c1ccc(F)cc1. The van der Waals surface area contributed by atoms with Gasteiger partial charge in [0.25, 0.3) is 0 Å². The Morgan fingerprint density at radius 2 is 2.05 bits per heavy atom. The molecule has 1 aliphatic rings. The van der Waals surface area contributed by atoms with Crippen LogP contribution in [-0.4, -0.2) is 32.3 Å². The molecular formula is C15H23FN2O. The molecule has 1 aliphatic heterocycles. The van der Waals surface area contributed by atoms with Crippen molar-refractivity contribution in [1.82, 2.24) is 0 Å². The van der Waals surface area contributed by atoms with E-state index < -0.39 is 0 Å². The van der Waals surface area contributed by atoms with Crippen molar-refractivity contribution in [2.75, 3.05) is 31.1 Å². The molecule has 2 N–H and O–H groups in total. The molecule has 0 aromatic heterocycles. The summed E-state index contributed by atoms with van der Waals surface area (Å²) in [7, 11) is 0. The summed E-state index contributed by atoms with van der Waals surface area (Å²) in [5.41, 5.74) is 6.65. The molecule has 1 fully saturated rings. The highest BCUT2D eigenvalue weighted by molar-refractivity contribution is 5.46. The van der Waals surface area contributed by atoms with Crippen LogP contribution in [0.25, 0.3) is 0 Å². The summed E-state index contributed by atoms with van der Waals surface area (Å²) in [5.74, 6) is -0.193. The van der Waals surface area contributed by atoms with Crippen LogP contribution in [-0.2, 0) is 4.74 Å². The zero-order valence-electron chi connectivity index (χ0n) is 11.4. The summed E-state index contributed by atoms with van der Waals surface area (Å²) in [6.45, 7) is 3.42. The first-order valence-corrected chi connectivity index (χ1v) is 7.12. The molecule has 0 radical (unpaired) electrons. The van der Waals surface area contributed by atoms with E-state index in [1.165, 1.54) is 18.6 Å². The maximum Gasteiger partial charge on any atom is 0.123 e. The first-order chi connectivity index (χ1) is 9.29. The number of ether oxygens (including phenoxy) is 1. The normalized spacial score (nSPS) is 18.7. The van der Waals surface area contributed by atoms with Crippen LogP contribution >= 0.6 is 0 Å². The largest absolute Gasteiger partial charge is 0.378 e. The van der Waals surface area contributed by atoms with Crippen LogP contribution in [0.2, 0.25) is 0 Å². The van der Waals surface area contributed by atoms with Gasteiger partial charge in [-0.05, 0) is 56.5 Å². The van der Waals surface area contributed by atoms with E-state index in [0.29, 0.717) is 12.6 Å². The van der Waals surface area contributed by atoms with Gasteiger partial charge in [-0.15, -0.1) is 0 Å². The third kappa shape index (κ3) is 4.48. The lowest BCUT2D eigenvalue weighted by molar-refractivity contribution is 0.105. The second kappa shape index (κ2) is 7.46. The van der Waals surface area contributed by atoms with Gasteiger partial charge in [-0.1, -0.05) is 0 Å². The van der Waals surface area contributed by atoms with Gasteiger partial charge < -0.3 is 15.4 Å². The number of anilines is 1. The van der Waals surface area contributed by atoms with Crippen LogP contribution in [0.4, 0.5) is 10.1 Å². The van der Waals surface area contributed by atoms with E-state index in [-0.39, 0.29) is 5.82 Å². The predicted octanol–water partition coefficient (Wildman–Crippen LogP) is 2.55. The van der Waals surface area contributed by atoms with Gasteiger partial charge in [0.15, 0.2) is 0 Å². The molecular weight excluding hydrogens is 243 g/mol. The minimum Gasteiger partial charge on any atom is -0.378 e. The van der Waals surface area contributed by atoms with E-state index in [1.807, 2.05) is 12.1 Å². The maximum absolute atomic E-state index is 13.0. The number of nitrogens with two attached hydrogens (primary N) is 1. The van der Waals surface area contributed by atoms with Gasteiger partial charge in [0.2, 0.25) is 0 Å². The van der Waals surface area contributed by atoms with E-state index in [4.69, 9.17) is 10.5 Å². The van der Waals surface area contributed by atoms with E-state index in [1.54, 1.807) is 0 Å². The van der Waals surface area contributed by atoms with Gasteiger partial charge in [0.1, 0.15) is 5.82 Å². The summed E-state index contributed by atoms with van der Waals surface area (Å²) in [6, 6.07) is 6.69. The molecule has 1 saturated heterocycles. The third-order valence-electron chi connectivity index (χ3n) is 3.57. The van der Waals surface area contributed by atoms with Crippen LogP contribution in [0, 0.1) is 5.82 Å². The molecule has 0 aliphatic carbocycles. The summed E-state index contributed by atoms with van der Waals surface area (Å²) < 4.78 is 18.6. The summed E-state index contributed by atoms with van der Waals surface area (Å²) in [6.07, 6.45) is 4.70. The van der Waals surface area contributed by atoms with Crippen molar-refractivity contribution in [2.45, 2.75) is 31.8 Å². The highest BCUT2D eigenvalue weighted by Crippen LogP contribution is 2.19. The van der Waals surface area contributed by atoms with Crippen molar-refractivity contribution in [3.05, 3.63) is 30.1 Å². The Morgan fingerprint density at radius 3 is 2.68 bits per heavy atom. The molecule has 106 valence electrons. The van der Waals surface area contributed by atoms with Gasteiger partial charge in [-0.2, -0.15) is 0 Å². The van der Waals surface area contributed by atoms with Crippen LogP contribution in [0.15, 0.2) is 24.3 Å². The molecule has 1 aromatic carbocycles. The van der Waals surface area contributed by atoms with Crippen molar-refractivity contribution in [2.24, 2.45) is 5.73 Å². The van der Waals surface area contributed by atoms with Gasteiger partial charge >= 0.3 is 0 Å². The van der Waals surface area contributed by atoms with E-state index in [2.05, 4.69) is 4.90 Å². The van der Waals surface area contributed by atoms with Gasteiger partial charge in [0.05, 0.1) is 6.10 Å². The average molecular weight is 266 g/mol. The van der Waals surface area contributed by atoms with Crippen molar-refractivity contribution in [3.63, 3.8) is 0 Å². The first-order valence-electron chi connectivity index (χ1n) is 7.12. The topological polar surface area (TPSA) is 38.5 Å². The zero-order chi connectivity index (χ0) is 13.5. The van der Waals surface area contributed by atoms with E-state index in [0.717, 1.165) is 44.6 Å². The predicted molar refractivity (Wildman–Crippen MR) is 75.9 cm³/mol. The van der Waals surface area contributed by atoms with Crippen molar-refractivity contribution >= 4 is 5.69 Å². The second-order valence-corrected chi connectivity index (χ2v) is 5.03. The van der Waals surface area contributed by atoms with Crippen molar-refractivity contribution in [3.8, 4) is 0 Å². The number of nitrogens with zero attached hydrogens (tertiary/aromatic N) is 1. The number of hydrogen-bond acceptors (Lipinski definition) is 3. The second-order valence-electron chi connectivity index (χ2n) is 5.03. The fraction of sp³-hybridized carbons (Fsp3) is 0.600. The fourth-order valence-corrected chi connectivity index (χ4v) is 2.48. The third-order valence-corrected chi connectivity index (χ3v) is 3.57. The Bertz CT molecular complexity index is 363. The molecule has 0 saturated carbocycles. The number of halogens is 1. The molecule has 4 heteroatoms. The number of rotatable bonds is 7. The molecule has 1 heterocycles. The van der Waals surface area contributed by atoms with Crippen LogP contribution < -0.4 is 10.6 Å². The van der Waals surface area contributed by atoms with E-state index >= 15 is 0 Å². The number of benzene rings is 1. The molecule has 0 spiro atoms. The van der Waals surface area contributed by atoms with Crippen LogP contribution in [0.5, 0.6) is 0 Å². The van der Waals surface area contributed by atoms with Gasteiger partial charge in [-0.3, -0.25) is 0 Å². The Labute approximate surface area is 114 Å². The Kier molecular flexibility index (Phi) is 5.61. The Hall–Kier alpha value is -1.13. The first kappa shape index (κ1) is 14.3. The standard InChI is InChI=1S/C15H23FN2O/c16-13-4-6-14(7-5-13)18(10-2-9-17)11-8-15-3-1-12-19-15/h4-7,15H,1-3,8-12,17H2. The Balaban J connectivity index is 1.91. The monoisotopic (exact) mass is 266 g/mol. The fourth-order valence-electron chi connectivity index (χ4n) is 2.48. The summed E-state index contributed by atoms with van der Waals surface area (Å²) in [4.78, 5) is 2.27. The lowest BCUT2D eigenvalue weighted by Gasteiger charge is -2.26. The highest BCUT2D eigenvalue weighted by Gasteiger charge is 2.17. The Morgan fingerprint density at radius 1 is 1.26 bits per heavy atom. The average Bonchev–Trinajstić information content (AvgIpc) is 2.93. The van der Waals surface area contributed by atoms with Gasteiger partial charge in [-0.25, -0.2) is 4.39 Å². The lowest BCUT2D eigenvalue weighted by Crippen LogP contribution is -2.29. The minimum atomic E-state index is -0.193. The highest BCUT2D eigenvalue weighted by atomic mass is 19.1. The summed E-state index contributed by atoms with van der Waals surface area (Å²) in [5, 5.41) is 0. The van der Waals surface area contributed by atoms with E-state index in [9.17, 15) is 4.39 Å². The molecule has 0 bridgehead atoms. The smallest absolute Gasteiger partial charge is 0.123 e. The lowest BCUT2D eigenvalue weighted by atomic mass is 10.1. The molecule has 3 nitrogen and oxygen atoms in total. The quantitative estimate of drug-likeness (QED) is 0.824. The van der Waals surface area contributed by atoms with Crippen molar-refractivity contribution in [1.29, 1.82) is 0 Å². The van der Waals surface area contributed by atoms with Crippen LogP contribution in [0.1, 0.15) is 25.7 Å². The molecule has 1 unspecified atom stereocenters. The van der Waals surface area contributed by atoms with Gasteiger partial charge in [0, 0.05) is 25.4 Å². The maximum atomic E-state index is 13.0. The molecule has 1 atom stereocenters. The number of hydrogen-bond donors (Lipinski definition) is 1. The van der Waals surface area contributed by atoms with Crippen LogP contribution in [0.3, 0.4) is 0 Å². The molecule has 19 heavy (non-hydrogen) atoms.